The van der Waals surface area contributed by atoms with Gasteiger partial charge in [-0.1, -0.05) is 0 Å². The monoisotopic (exact) mass is 200 g/mol. The Hall–Kier alpha value is -1.61. The van der Waals surface area contributed by atoms with E-state index in [9.17, 15) is 5.11 Å². The topological polar surface area (TPSA) is 45.2 Å². The lowest BCUT2D eigenvalue weighted by Crippen LogP contribution is -2.24. The first kappa shape index (κ1) is 8.68. The van der Waals surface area contributed by atoms with Gasteiger partial charge in [-0.15, -0.1) is 0 Å². The van der Waals surface area contributed by atoms with Crippen molar-refractivity contribution in [2.45, 2.75) is 13.0 Å². The van der Waals surface area contributed by atoms with Gasteiger partial charge in [-0.25, -0.2) is 0 Å². The molecule has 76 valence electrons. The Kier molecular flexibility index (Phi) is 1.86. The first-order valence-electron chi connectivity index (χ1n) is 5.15. The molecule has 0 unspecified atom stereocenters. The minimum atomic E-state index is 0.304. The first-order chi connectivity index (χ1) is 7.33. The van der Waals surface area contributed by atoms with Crippen molar-refractivity contribution in [3.05, 3.63) is 35.5 Å². The molecule has 2 N–H and O–H groups in total. The van der Waals surface area contributed by atoms with Crippen LogP contribution in [-0.4, -0.2) is 16.6 Å². The largest absolute Gasteiger partial charge is 0.508 e. The third-order valence-electron chi connectivity index (χ3n) is 2.83. The van der Waals surface area contributed by atoms with Crippen LogP contribution in [0.4, 0.5) is 0 Å². The number of hydrogen-bond acceptors (Lipinski definition) is 3. The summed E-state index contributed by atoms with van der Waals surface area (Å²) >= 11 is 0. The van der Waals surface area contributed by atoms with E-state index in [0.717, 1.165) is 36.1 Å². The van der Waals surface area contributed by atoms with Gasteiger partial charge in [0, 0.05) is 11.9 Å². The highest BCUT2D eigenvalue weighted by Gasteiger charge is 2.10. The molecule has 1 aliphatic rings. The number of aromatic hydroxyl groups is 1. The smallest absolute Gasteiger partial charge is 0.116 e. The van der Waals surface area contributed by atoms with E-state index in [1.54, 1.807) is 12.1 Å². The average molecular weight is 200 g/mol. The van der Waals surface area contributed by atoms with E-state index in [4.69, 9.17) is 0 Å². The van der Waals surface area contributed by atoms with Crippen LogP contribution in [0.25, 0.3) is 10.9 Å². The van der Waals surface area contributed by atoms with Gasteiger partial charge in [-0.3, -0.25) is 4.98 Å². The number of nitrogens with zero attached hydrogens (tertiary/aromatic N) is 1. The first-order valence-corrected chi connectivity index (χ1v) is 5.15. The Morgan fingerprint density at radius 3 is 3.13 bits per heavy atom. The Labute approximate surface area is 87.8 Å². The van der Waals surface area contributed by atoms with E-state index in [2.05, 4.69) is 16.4 Å². The number of rotatable bonds is 0. The maximum atomic E-state index is 9.39. The summed E-state index contributed by atoms with van der Waals surface area (Å²) in [5.41, 5.74) is 3.39. The lowest BCUT2D eigenvalue weighted by atomic mass is 10.0. The molecule has 0 fully saturated rings. The summed E-state index contributed by atoms with van der Waals surface area (Å²) in [7, 11) is 0. The van der Waals surface area contributed by atoms with Crippen molar-refractivity contribution >= 4 is 10.9 Å². The highest BCUT2D eigenvalue weighted by atomic mass is 16.3. The van der Waals surface area contributed by atoms with E-state index >= 15 is 0 Å². The SMILES string of the molecule is Oc1ccc2nc3c(cc2c1)CCNC3. The lowest BCUT2D eigenvalue weighted by Gasteiger charge is -2.16. The third-order valence-corrected chi connectivity index (χ3v) is 2.83. The fourth-order valence-corrected chi connectivity index (χ4v) is 2.05. The van der Waals surface area contributed by atoms with E-state index in [-0.39, 0.29) is 0 Å². The summed E-state index contributed by atoms with van der Waals surface area (Å²) in [5.74, 6) is 0.304. The van der Waals surface area contributed by atoms with Crippen molar-refractivity contribution in [2.75, 3.05) is 6.54 Å². The predicted octanol–water partition coefficient (Wildman–Crippen LogP) is 1.59. The minimum Gasteiger partial charge on any atom is -0.508 e. The van der Waals surface area contributed by atoms with Gasteiger partial charge in [0.1, 0.15) is 5.75 Å². The Morgan fingerprint density at radius 2 is 2.20 bits per heavy atom. The van der Waals surface area contributed by atoms with E-state index in [1.807, 2.05) is 6.07 Å². The second-order valence-electron chi connectivity index (χ2n) is 3.90. The van der Waals surface area contributed by atoms with Gasteiger partial charge in [0.05, 0.1) is 11.2 Å². The zero-order valence-electron chi connectivity index (χ0n) is 8.33. The number of fused-ring (bicyclic) bond motifs is 2. The van der Waals surface area contributed by atoms with Crippen LogP contribution in [-0.2, 0) is 13.0 Å². The van der Waals surface area contributed by atoms with Gasteiger partial charge in [0.2, 0.25) is 0 Å². The zero-order valence-corrected chi connectivity index (χ0v) is 8.33. The second kappa shape index (κ2) is 3.21. The molecule has 0 saturated carbocycles. The van der Waals surface area contributed by atoms with Gasteiger partial charge < -0.3 is 10.4 Å². The van der Waals surface area contributed by atoms with Gasteiger partial charge in [-0.2, -0.15) is 0 Å². The number of benzene rings is 1. The molecule has 0 bridgehead atoms. The predicted molar refractivity (Wildman–Crippen MR) is 58.8 cm³/mol. The average Bonchev–Trinajstić information content (AvgIpc) is 2.26. The molecule has 2 heterocycles. The van der Waals surface area contributed by atoms with Crippen LogP contribution < -0.4 is 5.32 Å². The van der Waals surface area contributed by atoms with Crippen molar-refractivity contribution in [1.82, 2.24) is 10.3 Å². The van der Waals surface area contributed by atoms with E-state index < -0.39 is 0 Å². The van der Waals surface area contributed by atoms with Gasteiger partial charge >= 0.3 is 0 Å². The van der Waals surface area contributed by atoms with Crippen LogP contribution in [0.15, 0.2) is 24.3 Å². The van der Waals surface area contributed by atoms with E-state index in [1.165, 1.54) is 5.56 Å². The summed E-state index contributed by atoms with van der Waals surface area (Å²) in [6.07, 6.45) is 1.02. The molecule has 0 spiro atoms. The quantitative estimate of drug-likeness (QED) is 0.678. The number of nitrogens with one attached hydrogen (secondary N) is 1. The molecule has 3 nitrogen and oxygen atoms in total. The van der Waals surface area contributed by atoms with Gasteiger partial charge in [-0.05, 0) is 42.8 Å². The van der Waals surface area contributed by atoms with Crippen molar-refractivity contribution in [3.63, 3.8) is 0 Å². The maximum absolute atomic E-state index is 9.39. The molecule has 0 aliphatic carbocycles. The lowest BCUT2D eigenvalue weighted by molar-refractivity contribution is 0.476. The molecule has 1 aliphatic heterocycles. The number of phenols is 1. The van der Waals surface area contributed by atoms with Crippen LogP contribution in [0.5, 0.6) is 5.75 Å². The maximum Gasteiger partial charge on any atom is 0.116 e. The normalized spacial score (nSPS) is 15.2. The van der Waals surface area contributed by atoms with Crippen molar-refractivity contribution < 1.29 is 5.11 Å². The Morgan fingerprint density at radius 1 is 1.27 bits per heavy atom. The Balaban J connectivity index is 2.26. The molecule has 2 aromatic rings. The van der Waals surface area contributed by atoms with Crippen LogP contribution in [0.3, 0.4) is 0 Å². The number of aromatic nitrogens is 1. The summed E-state index contributed by atoms with van der Waals surface area (Å²) in [5, 5.41) is 13.7. The van der Waals surface area contributed by atoms with Crippen LogP contribution in [0.1, 0.15) is 11.3 Å². The van der Waals surface area contributed by atoms with Crippen molar-refractivity contribution in [2.24, 2.45) is 0 Å². The van der Waals surface area contributed by atoms with Gasteiger partial charge in [0.25, 0.3) is 0 Å². The highest BCUT2D eigenvalue weighted by Crippen LogP contribution is 2.22. The van der Waals surface area contributed by atoms with E-state index in [0.29, 0.717) is 5.75 Å². The minimum absolute atomic E-state index is 0.304. The summed E-state index contributed by atoms with van der Waals surface area (Å²) in [6.45, 7) is 1.87. The third kappa shape index (κ3) is 1.45. The number of phenolic OH excluding ortho intramolecular Hbond substituents is 1. The summed E-state index contributed by atoms with van der Waals surface area (Å²) in [4.78, 5) is 4.58. The molecule has 1 aromatic heterocycles. The van der Waals surface area contributed by atoms with Crippen molar-refractivity contribution in [3.8, 4) is 5.75 Å². The molecule has 3 heteroatoms. The molecule has 0 atom stereocenters. The Bertz CT molecular complexity index is 522. The second-order valence-corrected chi connectivity index (χ2v) is 3.90. The number of pyridine rings is 1. The molecule has 3 rings (SSSR count). The van der Waals surface area contributed by atoms with Crippen LogP contribution in [0, 0.1) is 0 Å². The van der Waals surface area contributed by atoms with Crippen molar-refractivity contribution in [1.29, 1.82) is 0 Å². The molecule has 0 amide bonds. The fraction of sp³-hybridized carbons (Fsp3) is 0.250. The molecular weight excluding hydrogens is 188 g/mol. The van der Waals surface area contributed by atoms with Crippen LogP contribution in [0.2, 0.25) is 0 Å². The zero-order chi connectivity index (χ0) is 10.3. The number of hydrogen-bond donors (Lipinski definition) is 2. The standard InChI is InChI=1S/C12H12N2O/c15-10-1-2-11-9(6-10)5-8-3-4-13-7-12(8)14-11/h1-2,5-6,13,15H,3-4,7H2. The molecule has 15 heavy (non-hydrogen) atoms. The molecular formula is C12H12N2O. The van der Waals surface area contributed by atoms with Crippen LogP contribution >= 0.6 is 0 Å². The highest BCUT2D eigenvalue weighted by molar-refractivity contribution is 5.81. The fourth-order valence-electron chi connectivity index (χ4n) is 2.05. The summed E-state index contributed by atoms with van der Waals surface area (Å²) < 4.78 is 0. The molecule has 0 saturated heterocycles. The molecule has 0 radical (unpaired) electrons. The van der Waals surface area contributed by atoms with Gasteiger partial charge in [0.15, 0.2) is 0 Å². The summed E-state index contributed by atoms with van der Waals surface area (Å²) in [6, 6.07) is 7.44. The molecule has 1 aromatic carbocycles.